The topological polar surface area (TPSA) is 95.7 Å². The summed E-state index contributed by atoms with van der Waals surface area (Å²) in [6.07, 6.45) is 6.97. The van der Waals surface area contributed by atoms with Crippen molar-refractivity contribution in [1.82, 2.24) is 0 Å². The van der Waals surface area contributed by atoms with Crippen molar-refractivity contribution in [2.24, 2.45) is 0 Å². The fraction of sp³-hybridized carbons (Fsp3) is 0.556. The van der Waals surface area contributed by atoms with E-state index in [1.54, 1.807) is 6.92 Å². The number of ether oxygens (including phenoxy) is 2. The van der Waals surface area contributed by atoms with E-state index in [-0.39, 0.29) is 4.92 Å². The minimum absolute atomic E-state index is 0.295. The Bertz CT molecular complexity index is 611. The minimum Gasteiger partial charge on any atom is -0.456 e. The van der Waals surface area contributed by atoms with E-state index in [0.29, 0.717) is 25.9 Å². The standard InChI is InChI=1S/C18H23NO6/c1-3-4-12-24-17(20)10-8-14(2)25-18(21)11-9-15-6-5-7-16(13-15)19(22)23/h6,9,11,14,16H,3-5,7,12-13H2,1-2H3/b11-9+/t14-,16?/m1/s1. The Balaban J connectivity index is 2.42. The van der Waals surface area contributed by atoms with E-state index < -0.39 is 24.1 Å². The third-order valence-electron chi connectivity index (χ3n) is 3.51. The zero-order valence-corrected chi connectivity index (χ0v) is 14.5. The molecule has 0 aromatic rings. The molecule has 7 heteroatoms. The Kier molecular flexibility index (Phi) is 9.01. The van der Waals surface area contributed by atoms with E-state index in [9.17, 15) is 19.7 Å². The first-order valence-corrected chi connectivity index (χ1v) is 8.32. The smallest absolute Gasteiger partial charge is 0.384 e. The number of unbranched alkanes of at least 4 members (excludes halogenated alkanes) is 1. The number of allylic oxidation sites excluding steroid dienone is 2. The summed E-state index contributed by atoms with van der Waals surface area (Å²) < 4.78 is 9.89. The molecule has 0 saturated carbocycles. The first-order chi connectivity index (χ1) is 11.9. The molecule has 2 atom stereocenters. The predicted molar refractivity (Wildman–Crippen MR) is 91.1 cm³/mol. The van der Waals surface area contributed by atoms with Gasteiger partial charge in [-0.05, 0) is 31.3 Å². The summed E-state index contributed by atoms with van der Waals surface area (Å²) in [7, 11) is 0. The van der Waals surface area contributed by atoms with E-state index in [2.05, 4.69) is 11.8 Å². The highest BCUT2D eigenvalue weighted by Crippen LogP contribution is 2.21. The summed E-state index contributed by atoms with van der Waals surface area (Å²) in [6.45, 7) is 3.84. The van der Waals surface area contributed by atoms with Crippen molar-refractivity contribution in [2.75, 3.05) is 6.61 Å². The van der Waals surface area contributed by atoms with Gasteiger partial charge in [0.2, 0.25) is 6.04 Å². The summed E-state index contributed by atoms with van der Waals surface area (Å²) in [4.78, 5) is 33.5. The lowest BCUT2D eigenvalue weighted by atomic mass is 9.95. The van der Waals surface area contributed by atoms with Crippen molar-refractivity contribution in [2.45, 2.75) is 58.1 Å². The lowest BCUT2D eigenvalue weighted by Gasteiger charge is -2.14. The predicted octanol–water partition coefficient (Wildman–Crippen LogP) is 2.58. The highest BCUT2D eigenvalue weighted by molar-refractivity contribution is 5.88. The van der Waals surface area contributed by atoms with Crippen LogP contribution in [0.3, 0.4) is 0 Å². The number of rotatable bonds is 7. The number of esters is 2. The lowest BCUT2D eigenvalue weighted by molar-refractivity contribution is -0.523. The van der Waals surface area contributed by atoms with Gasteiger partial charge in [-0.3, -0.25) is 10.1 Å². The second-order valence-electron chi connectivity index (χ2n) is 5.67. The molecule has 0 saturated heterocycles. The van der Waals surface area contributed by atoms with Crippen LogP contribution in [0.1, 0.15) is 46.0 Å². The average Bonchev–Trinajstić information content (AvgIpc) is 2.58. The van der Waals surface area contributed by atoms with Gasteiger partial charge in [0, 0.05) is 29.8 Å². The zero-order chi connectivity index (χ0) is 18.7. The fourth-order valence-corrected chi connectivity index (χ4v) is 2.16. The molecule has 0 N–H and O–H groups in total. The summed E-state index contributed by atoms with van der Waals surface area (Å²) >= 11 is 0. The molecule has 1 aliphatic carbocycles. The molecule has 0 radical (unpaired) electrons. The molecule has 7 nitrogen and oxygen atoms in total. The van der Waals surface area contributed by atoms with Gasteiger partial charge in [0.1, 0.15) is 0 Å². The Morgan fingerprint density at radius 2 is 2.28 bits per heavy atom. The zero-order valence-electron chi connectivity index (χ0n) is 14.5. The number of nitro groups is 1. The molecule has 1 unspecified atom stereocenters. The maximum absolute atomic E-state index is 11.7. The second-order valence-corrected chi connectivity index (χ2v) is 5.67. The largest absolute Gasteiger partial charge is 0.456 e. The Hall–Kier alpha value is -2.62. The Labute approximate surface area is 147 Å². The van der Waals surface area contributed by atoms with Crippen LogP contribution in [-0.4, -0.2) is 35.6 Å². The molecular weight excluding hydrogens is 326 g/mol. The van der Waals surface area contributed by atoms with Gasteiger partial charge in [-0.1, -0.05) is 25.5 Å². The normalized spacial score (nSPS) is 17.8. The summed E-state index contributed by atoms with van der Waals surface area (Å²) in [6, 6.07) is -0.607. The van der Waals surface area contributed by atoms with E-state index in [0.717, 1.165) is 18.4 Å². The first-order valence-electron chi connectivity index (χ1n) is 8.32. The van der Waals surface area contributed by atoms with E-state index in [4.69, 9.17) is 9.47 Å². The third kappa shape index (κ3) is 8.70. The molecule has 0 amide bonds. The van der Waals surface area contributed by atoms with Crippen molar-refractivity contribution < 1.29 is 24.0 Å². The van der Waals surface area contributed by atoms with Crippen molar-refractivity contribution in [3.05, 3.63) is 33.9 Å². The van der Waals surface area contributed by atoms with Crippen LogP contribution in [0, 0.1) is 22.0 Å². The van der Waals surface area contributed by atoms with Crippen LogP contribution >= 0.6 is 0 Å². The van der Waals surface area contributed by atoms with Gasteiger partial charge in [0.15, 0.2) is 6.10 Å². The van der Waals surface area contributed by atoms with Crippen LogP contribution in [0.2, 0.25) is 0 Å². The monoisotopic (exact) mass is 349 g/mol. The Morgan fingerprint density at radius 1 is 1.52 bits per heavy atom. The molecule has 1 aliphatic rings. The van der Waals surface area contributed by atoms with Crippen LogP contribution < -0.4 is 0 Å². The van der Waals surface area contributed by atoms with E-state index >= 15 is 0 Å². The molecule has 0 aliphatic heterocycles. The van der Waals surface area contributed by atoms with Gasteiger partial charge in [0.05, 0.1) is 6.61 Å². The highest BCUT2D eigenvalue weighted by atomic mass is 16.6. The quantitative estimate of drug-likeness (QED) is 0.133. The van der Waals surface area contributed by atoms with Crippen LogP contribution in [0.4, 0.5) is 0 Å². The minimum atomic E-state index is -0.761. The van der Waals surface area contributed by atoms with Crippen LogP contribution in [0.15, 0.2) is 23.8 Å². The molecular formula is C18H23NO6. The van der Waals surface area contributed by atoms with Crippen molar-refractivity contribution in [3.8, 4) is 11.8 Å². The summed E-state index contributed by atoms with van der Waals surface area (Å²) in [5, 5.41) is 10.8. The molecule has 136 valence electrons. The van der Waals surface area contributed by atoms with E-state index in [1.165, 1.54) is 12.2 Å². The molecule has 0 aromatic heterocycles. The molecule has 0 aromatic carbocycles. The fourth-order valence-electron chi connectivity index (χ4n) is 2.16. The van der Waals surface area contributed by atoms with Crippen LogP contribution in [0.25, 0.3) is 0 Å². The van der Waals surface area contributed by atoms with Crippen molar-refractivity contribution in [1.29, 1.82) is 0 Å². The van der Waals surface area contributed by atoms with Gasteiger partial charge >= 0.3 is 11.9 Å². The first kappa shape index (κ1) is 20.4. The van der Waals surface area contributed by atoms with Crippen molar-refractivity contribution in [3.63, 3.8) is 0 Å². The molecule has 1 rings (SSSR count). The number of nitrogens with zero attached hydrogens (tertiary/aromatic N) is 1. The second kappa shape index (κ2) is 11.0. The van der Waals surface area contributed by atoms with Gasteiger partial charge < -0.3 is 9.47 Å². The van der Waals surface area contributed by atoms with Gasteiger partial charge in [-0.15, -0.1) is 0 Å². The van der Waals surface area contributed by atoms with Crippen molar-refractivity contribution >= 4 is 11.9 Å². The third-order valence-corrected chi connectivity index (χ3v) is 3.51. The molecule has 0 fully saturated rings. The Morgan fingerprint density at radius 3 is 2.96 bits per heavy atom. The summed E-state index contributed by atoms with van der Waals surface area (Å²) in [5.74, 6) is 3.50. The number of carbonyl (C=O) groups excluding carboxylic acids is 2. The molecule has 0 spiro atoms. The highest BCUT2D eigenvalue weighted by Gasteiger charge is 2.23. The molecule has 0 bridgehead atoms. The van der Waals surface area contributed by atoms with Gasteiger partial charge in [0.25, 0.3) is 0 Å². The number of hydrogen-bond donors (Lipinski definition) is 0. The maximum atomic E-state index is 11.7. The van der Waals surface area contributed by atoms with Crippen LogP contribution in [0.5, 0.6) is 0 Å². The lowest BCUT2D eigenvalue weighted by Crippen LogP contribution is -2.22. The average molecular weight is 349 g/mol. The van der Waals surface area contributed by atoms with Crippen LogP contribution in [-0.2, 0) is 19.1 Å². The summed E-state index contributed by atoms with van der Waals surface area (Å²) in [5.41, 5.74) is 0.739. The number of carbonyl (C=O) groups is 2. The number of hydrogen-bond acceptors (Lipinski definition) is 6. The molecule has 0 heterocycles. The van der Waals surface area contributed by atoms with E-state index in [1.807, 2.05) is 13.0 Å². The maximum Gasteiger partial charge on any atom is 0.384 e. The SMILES string of the molecule is CCCCOC(=O)C#C[C@@H](C)OC(=O)/C=C/C1=CCCC([N+](=O)[O-])C1. The van der Waals surface area contributed by atoms with Gasteiger partial charge in [-0.2, -0.15) is 0 Å². The molecule has 25 heavy (non-hydrogen) atoms. The van der Waals surface area contributed by atoms with Gasteiger partial charge in [-0.25, -0.2) is 9.59 Å².